The molecule has 3 rings (SSSR count). The highest BCUT2D eigenvalue weighted by molar-refractivity contribution is 5.77. The molecule has 5 heteroatoms. The maximum atomic E-state index is 12.6. The van der Waals surface area contributed by atoms with E-state index in [4.69, 9.17) is 4.74 Å². The molecule has 5 nitrogen and oxygen atoms in total. The Labute approximate surface area is 156 Å². The third-order valence-corrected chi connectivity index (χ3v) is 6.05. The van der Waals surface area contributed by atoms with E-state index in [-0.39, 0.29) is 12.3 Å². The smallest absolute Gasteiger partial charge is 0.225 e. The van der Waals surface area contributed by atoms with Crippen molar-refractivity contribution in [2.24, 2.45) is 5.92 Å². The number of rotatable bonds is 4. The van der Waals surface area contributed by atoms with Gasteiger partial charge < -0.3 is 19.6 Å². The van der Waals surface area contributed by atoms with E-state index < -0.39 is 5.60 Å². The van der Waals surface area contributed by atoms with Crippen LogP contribution in [0.5, 0.6) is 5.75 Å². The highest BCUT2D eigenvalue weighted by Gasteiger charge is 2.36. The first-order valence-electron chi connectivity index (χ1n) is 9.80. The molecule has 0 radical (unpaired) electrons. The largest absolute Gasteiger partial charge is 0.496 e. The Hall–Kier alpha value is -1.75. The summed E-state index contributed by atoms with van der Waals surface area (Å²) in [4.78, 5) is 16.8. The van der Waals surface area contributed by atoms with Gasteiger partial charge in [-0.1, -0.05) is 6.92 Å². The number of piperidine rings is 2. The number of carbonyl (C=O) groups excluding carboxylic acids is 1. The van der Waals surface area contributed by atoms with E-state index in [1.54, 1.807) is 7.11 Å². The van der Waals surface area contributed by atoms with Crippen LogP contribution in [0, 0.1) is 12.8 Å². The quantitative estimate of drug-likeness (QED) is 0.897. The lowest BCUT2D eigenvalue weighted by atomic mass is 9.87. The topological polar surface area (TPSA) is 53.0 Å². The van der Waals surface area contributed by atoms with E-state index in [9.17, 15) is 9.90 Å². The van der Waals surface area contributed by atoms with Gasteiger partial charge in [-0.3, -0.25) is 4.79 Å². The zero-order chi connectivity index (χ0) is 18.7. The molecule has 0 bridgehead atoms. The van der Waals surface area contributed by atoms with Crippen LogP contribution in [-0.4, -0.2) is 54.8 Å². The van der Waals surface area contributed by atoms with Gasteiger partial charge in [-0.05, 0) is 62.3 Å². The van der Waals surface area contributed by atoms with Gasteiger partial charge in [0.25, 0.3) is 0 Å². The van der Waals surface area contributed by atoms with E-state index in [1.165, 1.54) is 0 Å². The summed E-state index contributed by atoms with van der Waals surface area (Å²) in [5.74, 6) is 1.72. The molecule has 0 aromatic heterocycles. The number of anilines is 1. The van der Waals surface area contributed by atoms with E-state index in [0.29, 0.717) is 18.8 Å². The summed E-state index contributed by atoms with van der Waals surface area (Å²) in [6, 6.07) is 6.19. The Morgan fingerprint density at radius 1 is 1.23 bits per heavy atom. The van der Waals surface area contributed by atoms with Gasteiger partial charge in [-0.25, -0.2) is 0 Å². The van der Waals surface area contributed by atoms with Crippen LogP contribution in [0.25, 0.3) is 0 Å². The van der Waals surface area contributed by atoms with E-state index in [2.05, 4.69) is 24.0 Å². The number of likely N-dealkylation sites (tertiary alicyclic amines) is 1. The Bertz CT molecular complexity index is 630. The SMILES string of the molecule is COc1ccc(N2CCC(O)(CC(=O)N3CCC(C)CC3)CC2)cc1C. The van der Waals surface area contributed by atoms with Gasteiger partial charge in [0.15, 0.2) is 0 Å². The van der Waals surface area contributed by atoms with Crippen molar-refractivity contribution in [2.45, 2.75) is 51.6 Å². The van der Waals surface area contributed by atoms with Gasteiger partial charge in [-0.2, -0.15) is 0 Å². The molecule has 0 unspecified atom stereocenters. The minimum atomic E-state index is -0.863. The third kappa shape index (κ3) is 4.32. The van der Waals surface area contributed by atoms with Crippen LogP contribution < -0.4 is 9.64 Å². The fourth-order valence-electron chi connectivity index (χ4n) is 4.07. The van der Waals surface area contributed by atoms with E-state index >= 15 is 0 Å². The lowest BCUT2D eigenvalue weighted by molar-refractivity contribution is -0.138. The summed E-state index contributed by atoms with van der Waals surface area (Å²) in [7, 11) is 1.68. The van der Waals surface area contributed by atoms with E-state index in [0.717, 1.165) is 56.0 Å². The van der Waals surface area contributed by atoms with Crippen molar-refractivity contribution in [1.82, 2.24) is 4.90 Å². The second-order valence-electron chi connectivity index (χ2n) is 8.11. The van der Waals surface area contributed by atoms with Crippen molar-refractivity contribution in [3.8, 4) is 5.75 Å². The molecule has 2 saturated heterocycles. The predicted octanol–water partition coefficient (Wildman–Crippen LogP) is 2.98. The number of amides is 1. The van der Waals surface area contributed by atoms with Gasteiger partial charge in [0.1, 0.15) is 5.75 Å². The molecule has 2 heterocycles. The summed E-state index contributed by atoms with van der Waals surface area (Å²) in [5, 5.41) is 10.9. The number of hydrogen-bond acceptors (Lipinski definition) is 4. The second-order valence-corrected chi connectivity index (χ2v) is 8.11. The number of ether oxygens (including phenoxy) is 1. The van der Waals surface area contributed by atoms with Crippen molar-refractivity contribution < 1.29 is 14.6 Å². The summed E-state index contributed by atoms with van der Waals surface area (Å²) in [5.41, 5.74) is 1.40. The molecule has 1 aromatic rings. The van der Waals surface area contributed by atoms with Crippen molar-refractivity contribution in [2.75, 3.05) is 38.2 Å². The zero-order valence-corrected chi connectivity index (χ0v) is 16.3. The molecular weight excluding hydrogens is 328 g/mol. The van der Waals surface area contributed by atoms with Crippen LogP contribution in [0.3, 0.4) is 0 Å². The first kappa shape index (κ1) is 19.0. The maximum absolute atomic E-state index is 12.6. The molecule has 144 valence electrons. The molecule has 0 atom stereocenters. The number of methoxy groups -OCH3 is 1. The normalized spacial score (nSPS) is 20.9. The van der Waals surface area contributed by atoms with Crippen molar-refractivity contribution in [3.05, 3.63) is 23.8 Å². The lowest BCUT2D eigenvalue weighted by Gasteiger charge is -2.40. The molecule has 0 aliphatic carbocycles. The minimum Gasteiger partial charge on any atom is -0.496 e. The van der Waals surface area contributed by atoms with Crippen molar-refractivity contribution in [3.63, 3.8) is 0 Å². The molecule has 2 fully saturated rings. The molecule has 2 aliphatic heterocycles. The highest BCUT2D eigenvalue weighted by atomic mass is 16.5. The van der Waals surface area contributed by atoms with Crippen LogP contribution in [0.15, 0.2) is 18.2 Å². The standard InChI is InChI=1S/C21H32N2O3/c1-16-6-10-23(11-7-16)20(24)15-21(25)8-12-22(13-9-21)18-4-5-19(26-3)17(2)14-18/h4-5,14,16,25H,6-13,15H2,1-3H3. The average Bonchev–Trinajstić information content (AvgIpc) is 2.62. The highest BCUT2D eigenvalue weighted by Crippen LogP contribution is 2.32. The third-order valence-electron chi connectivity index (χ3n) is 6.05. The number of aliphatic hydroxyl groups is 1. The van der Waals surface area contributed by atoms with Crippen molar-refractivity contribution in [1.29, 1.82) is 0 Å². The molecule has 1 N–H and O–H groups in total. The number of carbonyl (C=O) groups is 1. The van der Waals surface area contributed by atoms with Gasteiger partial charge in [0.05, 0.1) is 19.1 Å². The monoisotopic (exact) mass is 360 g/mol. The molecule has 0 spiro atoms. The molecule has 1 aromatic carbocycles. The van der Waals surface area contributed by atoms with Crippen LogP contribution in [-0.2, 0) is 4.79 Å². The fraction of sp³-hybridized carbons (Fsp3) is 0.667. The van der Waals surface area contributed by atoms with Crippen LogP contribution >= 0.6 is 0 Å². The molecule has 2 aliphatic rings. The summed E-state index contributed by atoms with van der Waals surface area (Å²) >= 11 is 0. The average molecular weight is 360 g/mol. The zero-order valence-electron chi connectivity index (χ0n) is 16.3. The van der Waals surface area contributed by atoms with Crippen molar-refractivity contribution >= 4 is 11.6 Å². The minimum absolute atomic E-state index is 0.119. The first-order valence-corrected chi connectivity index (χ1v) is 9.80. The predicted molar refractivity (Wildman–Crippen MR) is 104 cm³/mol. The van der Waals surface area contributed by atoms with Gasteiger partial charge in [-0.15, -0.1) is 0 Å². The number of hydrogen-bond donors (Lipinski definition) is 1. The second kappa shape index (κ2) is 7.87. The van der Waals surface area contributed by atoms with Gasteiger partial charge in [0.2, 0.25) is 5.91 Å². The number of nitrogens with zero attached hydrogens (tertiary/aromatic N) is 2. The molecule has 0 saturated carbocycles. The summed E-state index contributed by atoms with van der Waals surface area (Å²) < 4.78 is 5.33. The first-order chi connectivity index (χ1) is 12.4. The Morgan fingerprint density at radius 2 is 1.88 bits per heavy atom. The van der Waals surface area contributed by atoms with Crippen LogP contribution in [0.4, 0.5) is 5.69 Å². The van der Waals surface area contributed by atoms with Crippen LogP contribution in [0.2, 0.25) is 0 Å². The molecule has 26 heavy (non-hydrogen) atoms. The Morgan fingerprint density at radius 3 is 2.46 bits per heavy atom. The maximum Gasteiger partial charge on any atom is 0.225 e. The molecule has 1 amide bonds. The van der Waals surface area contributed by atoms with Gasteiger partial charge >= 0.3 is 0 Å². The van der Waals surface area contributed by atoms with E-state index in [1.807, 2.05) is 17.9 Å². The fourth-order valence-corrected chi connectivity index (χ4v) is 4.07. The Balaban J connectivity index is 1.55. The summed E-state index contributed by atoms with van der Waals surface area (Å²) in [6.07, 6.45) is 3.68. The number of benzene rings is 1. The Kier molecular flexibility index (Phi) is 5.76. The van der Waals surface area contributed by atoms with Crippen LogP contribution in [0.1, 0.15) is 44.6 Å². The summed E-state index contributed by atoms with van der Waals surface area (Å²) in [6.45, 7) is 7.51. The lowest BCUT2D eigenvalue weighted by Crippen LogP contribution is -2.48. The van der Waals surface area contributed by atoms with Gasteiger partial charge in [0, 0.05) is 31.9 Å². The number of aryl methyl sites for hydroxylation is 1. The molecular formula is C21H32N2O3.